The van der Waals surface area contributed by atoms with Crippen LogP contribution in [0.2, 0.25) is 0 Å². The smallest absolute Gasteiger partial charge is 0.343 e. The summed E-state index contributed by atoms with van der Waals surface area (Å²) in [5.41, 5.74) is 3.61. The van der Waals surface area contributed by atoms with Crippen molar-refractivity contribution in [2.45, 2.75) is 18.4 Å². The molecule has 5 rings (SSSR count). The molecule has 1 heterocycles. The Hall–Kier alpha value is -4.15. The Balaban J connectivity index is 1.52. The van der Waals surface area contributed by atoms with Crippen molar-refractivity contribution in [3.05, 3.63) is 136 Å². The lowest BCUT2D eigenvalue weighted by atomic mass is 9.84. The van der Waals surface area contributed by atoms with E-state index in [-0.39, 0.29) is 17.7 Å². The normalized spacial score (nSPS) is 13.0. The molecule has 0 spiro atoms. The molecule has 0 fully saturated rings. The van der Waals surface area contributed by atoms with Gasteiger partial charge in [-0.05, 0) is 40.8 Å². The average Bonchev–Trinajstić information content (AvgIpc) is 2.89. The fourth-order valence-electron chi connectivity index (χ4n) is 4.45. The summed E-state index contributed by atoms with van der Waals surface area (Å²) in [6.45, 7) is 0. The summed E-state index contributed by atoms with van der Waals surface area (Å²) in [4.78, 5) is 13.0. The van der Waals surface area contributed by atoms with Crippen molar-refractivity contribution in [2.75, 3.05) is 0 Å². The van der Waals surface area contributed by atoms with Crippen LogP contribution in [0.15, 0.2) is 118 Å². The number of rotatable bonds is 6. The number of hydrogen-bond donors (Lipinski definition) is 2. The molecule has 0 unspecified atom stereocenters. The van der Waals surface area contributed by atoms with Crippen LogP contribution >= 0.6 is 0 Å². The minimum Gasteiger partial charge on any atom is -0.507 e. The van der Waals surface area contributed by atoms with Gasteiger partial charge in [0.05, 0.1) is 17.1 Å². The molecule has 0 aliphatic rings. The maximum absolute atomic E-state index is 13.0. The fourth-order valence-corrected chi connectivity index (χ4v) is 4.45. The first-order valence-corrected chi connectivity index (χ1v) is 11.2. The second-order valence-electron chi connectivity index (χ2n) is 8.35. The van der Waals surface area contributed by atoms with E-state index in [4.69, 9.17) is 4.42 Å². The van der Waals surface area contributed by atoms with Crippen LogP contribution in [0.1, 0.15) is 35.1 Å². The molecule has 0 saturated carbocycles. The Morgan fingerprint density at radius 1 is 0.676 bits per heavy atom. The quantitative estimate of drug-likeness (QED) is 0.294. The molecule has 5 aromatic rings. The Morgan fingerprint density at radius 2 is 1.26 bits per heavy atom. The van der Waals surface area contributed by atoms with Gasteiger partial charge in [0.2, 0.25) is 0 Å². The average molecular weight is 449 g/mol. The fraction of sp³-hybridized carbons (Fsp3) is 0.100. The molecule has 1 aromatic heterocycles. The van der Waals surface area contributed by atoms with Crippen LogP contribution in [0.3, 0.4) is 0 Å². The van der Waals surface area contributed by atoms with E-state index in [1.165, 1.54) is 0 Å². The molecular formula is C30H24O4. The lowest BCUT2D eigenvalue weighted by Crippen LogP contribution is -2.17. The largest absolute Gasteiger partial charge is 0.507 e. The molecule has 0 amide bonds. The van der Waals surface area contributed by atoms with Crippen LogP contribution < -0.4 is 5.63 Å². The molecule has 4 aromatic carbocycles. The predicted molar refractivity (Wildman–Crippen MR) is 134 cm³/mol. The second-order valence-corrected chi connectivity index (χ2v) is 8.35. The van der Waals surface area contributed by atoms with Crippen molar-refractivity contribution in [1.29, 1.82) is 0 Å². The van der Waals surface area contributed by atoms with Gasteiger partial charge >= 0.3 is 5.63 Å². The molecule has 0 radical (unpaired) electrons. The highest BCUT2D eigenvalue weighted by Gasteiger charge is 2.27. The van der Waals surface area contributed by atoms with Crippen molar-refractivity contribution in [1.82, 2.24) is 0 Å². The summed E-state index contributed by atoms with van der Waals surface area (Å²) >= 11 is 0. The van der Waals surface area contributed by atoms with E-state index in [9.17, 15) is 15.0 Å². The molecule has 4 heteroatoms. The number of hydrogen-bond acceptors (Lipinski definition) is 4. The zero-order valence-electron chi connectivity index (χ0n) is 18.5. The molecule has 0 aliphatic heterocycles. The number of benzene rings is 4. The van der Waals surface area contributed by atoms with Gasteiger partial charge in [0.1, 0.15) is 11.3 Å². The molecule has 34 heavy (non-hydrogen) atoms. The maximum Gasteiger partial charge on any atom is 0.343 e. The Kier molecular flexibility index (Phi) is 5.98. The number of para-hydroxylation sites is 1. The monoisotopic (exact) mass is 448 g/mol. The van der Waals surface area contributed by atoms with Crippen molar-refractivity contribution in [2.24, 2.45) is 0 Å². The van der Waals surface area contributed by atoms with Crippen LogP contribution in [0, 0.1) is 0 Å². The third-order valence-corrected chi connectivity index (χ3v) is 6.23. The van der Waals surface area contributed by atoms with Crippen LogP contribution in [0.25, 0.3) is 22.1 Å². The lowest BCUT2D eigenvalue weighted by molar-refractivity contribution is 0.161. The van der Waals surface area contributed by atoms with Gasteiger partial charge < -0.3 is 14.6 Å². The van der Waals surface area contributed by atoms with Gasteiger partial charge in [-0.2, -0.15) is 0 Å². The molecule has 0 bridgehead atoms. The van der Waals surface area contributed by atoms with Gasteiger partial charge in [-0.15, -0.1) is 0 Å². The highest BCUT2D eigenvalue weighted by Crippen LogP contribution is 2.39. The van der Waals surface area contributed by atoms with Crippen LogP contribution in [-0.2, 0) is 0 Å². The van der Waals surface area contributed by atoms with Gasteiger partial charge in [0.15, 0.2) is 0 Å². The van der Waals surface area contributed by atoms with Gasteiger partial charge in [-0.25, -0.2) is 4.79 Å². The van der Waals surface area contributed by atoms with E-state index < -0.39 is 17.6 Å². The second kappa shape index (κ2) is 9.38. The Labute approximate surface area is 197 Å². The van der Waals surface area contributed by atoms with E-state index in [0.717, 1.165) is 22.3 Å². The zero-order chi connectivity index (χ0) is 23.5. The van der Waals surface area contributed by atoms with E-state index in [1.54, 1.807) is 24.3 Å². The predicted octanol–water partition coefficient (Wildman–Crippen LogP) is 6.42. The Bertz CT molecular complexity index is 1460. The lowest BCUT2D eigenvalue weighted by Gasteiger charge is -2.22. The summed E-state index contributed by atoms with van der Waals surface area (Å²) in [6, 6.07) is 34.1. The summed E-state index contributed by atoms with van der Waals surface area (Å²) in [6.07, 6.45) is -0.633. The van der Waals surface area contributed by atoms with Crippen molar-refractivity contribution >= 4 is 11.0 Å². The Morgan fingerprint density at radius 3 is 1.97 bits per heavy atom. The first-order valence-electron chi connectivity index (χ1n) is 11.2. The number of aliphatic hydroxyl groups excluding tert-OH is 1. The maximum atomic E-state index is 13.0. The standard InChI is InChI=1S/C30H24O4/c31-26(23-17-15-21(16-18-23)20-9-3-1-4-10-20)19-25(22-11-5-2-6-12-22)28-29(32)24-13-7-8-14-27(24)34-30(28)33/h1-18,25-26,31-32H,19H2/t25-,26-/m1/s1. The van der Waals surface area contributed by atoms with Gasteiger partial charge in [-0.1, -0.05) is 97.1 Å². The van der Waals surface area contributed by atoms with Gasteiger partial charge in [0, 0.05) is 5.92 Å². The first kappa shape index (κ1) is 21.7. The summed E-state index contributed by atoms with van der Waals surface area (Å²) < 4.78 is 5.53. The van der Waals surface area contributed by atoms with Crippen LogP contribution in [0.5, 0.6) is 5.75 Å². The SMILES string of the molecule is O=c1oc2ccccc2c(O)c1[C@H](C[C@@H](O)c1ccc(-c2ccccc2)cc1)c1ccccc1. The van der Waals surface area contributed by atoms with Crippen LogP contribution in [-0.4, -0.2) is 10.2 Å². The zero-order valence-corrected chi connectivity index (χ0v) is 18.5. The molecule has 0 saturated heterocycles. The molecule has 2 N–H and O–H groups in total. The number of aliphatic hydroxyl groups is 1. The van der Waals surface area contributed by atoms with E-state index in [1.807, 2.05) is 84.9 Å². The topological polar surface area (TPSA) is 70.7 Å². The summed E-state index contributed by atoms with van der Waals surface area (Å²) in [5, 5.41) is 22.7. The van der Waals surface area contributed by atoms with Crippen LogP contribution in [0.4, 0.5) is 0 Å². The van der Waals surface area contributed by atoms with Gasteiger partial charge in [-0.3, -0.25) is 0 Å². The van der Waals surface area contributed by atoms with Crippen molar-refractivity contribution in [3.8, 4) is 16.9 Å². The first-order chi connectivity index (χ1) is 16.6. The molecular weight excluding hydrogens is 424 g/mol. The molecule has 2 atom stereocenters. The third-order valence-electron chi connectivity index (χ3n) is 6.23. The minimum atomic E-state index is -0.847. The van der Waals surface area contributed by atoms with E-state index >= 15 is 0 Å². The van der Waals surface area contributed by atoms with Crippen molar-refractivity contribution < 1.29 is 14.6 Å². The molecule has 4 nitrogen and oxygen atoms in total. The summed E-state index contributed by atoms with van der Waals surface area (Å²) in [7, 11) is 0. The van der Waals surface area contributed by atoms with Crippen molar-refractivity contribution in [3.63, 3.8) is 0 Å². The highest BCUT2D eigenvalue weighted by molar-refractivity contribution is 5.84. The van der Waals surface area contributed by atoms with E-state index in [2.05, 4.69) is 0 Å². The highest BCUT2D eigenvalue weighted by atomic mass is 16.4. The van der Waals surface area contributed by atoms with Gasteiger partial charge in [0.25, 0.3) is 0 Å². The number of fused-ring (bicyclic) bond motifs is 1. The molecule has 0 aliphatic carbocycles. The number of aromatic hydroxyl groups is 1. The minimum absolute atomic E-state index is 0.104. The van der Waals surface area contributed by atoms with E-state index in [0.29, 0.717) is 11.0 Å². The third kappa shape index (κ3) is 4.24. The molecule has 168 valence electrons. The summed E-state index contributed by atoms with van der Waals surface area (Å²) in [5.74, 6) is -0.654.